The van der Waals surface area contributed by atoms with E-state index in [4.69, 9.17) is 28.4 Å². The summed E-state index contributed by atoms with van der Waals surface area (Å²) in [7, 11) is 0. The summed E-state index contributed by atoms with van der Waals surface area (Å²) >= 11 is 0.0425. The molecule has 0 N–H and O–H groups in total. The average Bonchev–Trinajstić information content (AvgIpc) is 3.13. The molecule has 11 heteroatoms. The molecule has 34 heavy (non-hydrogen) atoms. The number of carbonyl (C=O) groups is 4. The summed E-state index contributed by atoms with van der Waals surface area (Å²) in [5.41, 5.74) is -0.754. The first kappa shape index (κ1) is 26.0. The van der Waals surface area contributed by atoms with Crippen LogP contribution in [-0.2, 0) is 42.8 Å². The van der Waals surface area contributed by atoms with Gasteiger partial charge in [0.05, 0.1) is 0 Å². The first-order valence-corrected chi connectivity index (χ1v) is 12.8. The van der Waals surface area contributed by atoms with Crippen LogP contribution in [0.2, 0.25) is 5.32 Å². The first-order valence-electron chi connectivity index (χ1n) is 10.8. The molecule has 186 valence electrons. The summed E-state index contributed by atoms with van der Waals surface area (Å²) in [6, 6.07) is 9.92. The van der Waals surface area contributed by atoms with Gasteiger partial charge < -0.3 is 0 Å². The quantitative estimate of drug-likeness (QED) is 0.256. The summed E-state index contributed by atoms with van der Waals surface area (Å²) in [6.45, 7) is 5.10. The van der Waals surface area contributed by atoms with Crippen molar-refractivity contribution in [1.29, 1.82) is 0 Å². The monoisotopic (exact) mass is 544 g/mol. The predicted molar refractivity (Wildman–Crippen MR) is 117 cm³/mol. The van der Waals surface area contributed by atoms with Gasteiger partial charge >= 0.3 is 204 Å². The van der Waals surface area contributed by atoms with E-state index in [0.29, 0.717) is 11.7 Å². The van der Waals surface area contributed by atoms with Gasteiger partial charge in [0, 0.05) is 0 Å². The molecule has 2 saturated heterocycles. The summed E-state index contributed by atoms with van der Waals surface area (Å²) in [5.74, 6) is -1.94. The number of esters is 3. The van der Waals surface area contributed by atoms with Crippen molar-refractivity contribution >= 4 is 43.5 Å². The molecule has 2 fully saturated rings. The van der Waals surface area contributed by atoms with Crippen LogP contribution in [0.25, 0.3) is 0 Å². The Morgan fingerprint density at radius 3 is 2.35 bits per heavy atom. The molecular weight excluding hydrogens is 515 g/mol. The normalized spacial score (nSPS) is 27.4. The zero-order chi connectivity index (χ0) is 24.9. The van der Waals surface area contributed by atoms with Crippen LogP contribution in [-0.4, -0.2) is 81.7 Å². The number of ether oxygens (including phenoxy) is 6. The Hall–Kier alpha value is -2.62. The maximum atomic E-state index is 12.0. The zero-order valence-corrected chi connectivity index (χ0v) is 21.1. The van der Waals surface area contributed by atoms with Crippen LogP contribution in [0.4, 0.5) is 4.79 Å². The maximum absolute atomic E-state index is 12.0. The van der Waals surface area contributed by atoms with Gasteiger partial charge in [-0.15, -0.1) is 0 Å². The molecule has 10 nitrogen and oxygen atoms in total. The predicted octanol–water partition coefficient (Wildman–Crippen LogP) is 1.31. The van der Waals surface area contributed by atoms with Gasteiger partial charge in [-0.1, -0.05) is 0 Å². The molecule has 1 aromatic carbocycles. The van der Waals surface area contributed by atoms with Gasteiger partial charge in [-0.3, -0.25) is 0 Å². The fraction of sp³-hybridized carbons (Fsp3) is 0.565. The van der Waals surface area contributed by atoms with Crippen molar-refractivity contribution in [3.05, 3.63) is 30.3 Å². The second-order valence-electron chi connectivity index (χ2n) is 8.35. The molecule has 0 aliphatic carbocycles. The van der Waals surface area contributed by atoms with E-state index < -0.39 is 60.2 Å². The molecular formula is C23H28O10Se. The molecule has 0 bridgehead atoms. The van der Waals surface area contributed by atoms with Crippen molar-refractivity contribution in [2.24, 2.45) is 0 Å². The van der Waals surface area contributed by atoms with Gasteiger partial charge in [0.25, 0.3) is 0 Å². The molecule has 0 spiro atoms. The SMILES string of the molecule is CC(=O)OC[C@@H](OC(C)=O)[C@@H](OC(C)=O)[C@@H]1O[C@@](C)(C[Se]c2ccccc2)C[C@@H]2OC(=O)O[C@H]12. The summed E-state index contributed by atoms with van der Waals surface area (Å²) < 4.78 is 34.3. The van der Waals surface area contributed by atoms with Crippen LogP contribution in [0.15, 0.2) is 30.3 Å². The van der Waals surface area contributed by atoms with Gasteiger partial charge in [0.15, 0.2) is 0 Å². The molecule has 2 heterocycles. The fourth-order valence-electron chi connectivity index (χ4n) is 3.97. The number of hydrogen-bond donors (Lipinski definition) is 0. The van der Waals surface area contributed by atoms with E-state index in [2.05, 4.69) is 0 Å². The van der Waals surface area contributed by atoms with Crippen molar-refractivity contribution in [3.63, 3.8) is 0 Å². The number of benzene rings is 1. The molecule has 2 aliphatic rings. The van der Waals surface area contributed by atoms with E-state index >= 15 is 0 Å². The second kappa shape index (κ2) is 11.2. The number of rotatable bonds is 9. The van der Waals surface area contributed by atoms with Crippen LogP contribution in [0.3, 0.4) is 0 Å². The van der Waals surface area contributed by atoms with Crippen molar-refractivity contribution in [3.8, 4) is 0 Å². The molecule has 0 radical (unpaired) electrons. The number of fused-ring (bicyclic) bond motifs is 1. The first-order chi connectivity index (χ1) is 16.1. The van der Waals surface area contributed by atoms with E-state index in [1.165, 1.54) is 25.2 Å². The third-order valence-electron chi connectivity index (χ3n) is 5.27. The Morgan fingerprint density at radius 1 is 1.06 bits per heavy atom. The van der Waals surface area contributed by atoms with Crippen LogP contribution in [0.5, 0.6) is 0 Å². The third kappa shape index (κ3) is 6.94. The molecule has 0 unspecified atom stereocenters. The number of hydrogen-bond acceptors (Lipinski definition) is 10. The van der Waals surface area contributed by atoms with Crippen molar-refractivity contribution < 1.29 is 47.6 Å². The van der Waals surface area contributed by atoms with Crippen molar-refractivity contribution in [2.45, 2.75) is 75.6 Å². The Labute approximate surface area is 203 Å². The van der Waals surface area contributed by atoms with Gasteiger partial charge in [-0.05, 0) is 0 Å². The molecule has 2 aliphatic heterocycles. The Balaban J connectivity index is 1.90. The molecule has 6 atom stereocenters. The number of carbonyl (C=O) groups excluding carboxylic acids is 4. The minimum absolute atomic E-state index is 0.0425. The minimum atomic E-state index is -1.22. The Kier molecular flexibility index (Phi) is 8.56. The topological polar surface area (TPSA) is 124 Å². The van der Waals surface area contributed by atoms with Crippen LogP contribution in [0, 0.1) is 0 Å². The van der Waals surface area contributed by atoms with Gasteiger partial charge in [0.1, 0.15) is 0 Å². The van der Waals surface area contributed by atoms with E-state index in [9.17, 15) is 19.2 Å². The van der Waals surface area contributed by atoms with Gasteiger partial charge in [-0.2, -0.15) is 0 Å². The molecule has 0 saturated carbocycles. The molecule has 1 aromatic rings. The van der Waals surface area contributed by atoms with Crippen LogP contribution >= 0.6 is 0 Å². The molecule has 0 aromatic heterocycles. The van der Waals surface area contributed by atoms with E-state index in [1.54, 1.807) is 0 Å². The zero-order valence-electron chi connectivity index (χ0n) is 19.4. The van der Waals surface area contributed by atoms with Crippen molar-refractivity contribution in [1.82, 2.24) is 0 Å². The Morgan fingerprint density at radius 2 is 1.74 bits per heavy atom. The van der Waals surface area contributed by atoms with Crippen LogP contribution in [0.1, 0.15) is 34.1 Å². The van der Waals surface area contributed by atoms with Crippen LogP contribution < -0.4 is 4.46 Å². The average molecular weight is 543 g/mol. The van der Waals surface area contributed by atoms with E-state index in [-0.39, 0.29) is 21.6 Å². The van der Waals surface area contributed by atoms with Gasteiger partial charge in [-0.25, -0.2) is 0 Å². The van der Waals surface area contributed by atoms with Crippen molar-refractivity contribution in [2.75, 3.05) is 6.61 Å². The van der Waals surface area contributed by atoms with E-state index in [0.717, 1.165) is 0 Å². The van der Waals surface area contributed by atoms with E-state index in [1.807, 2.05) is 37.3 Å². The summed E-state index contributed by atoms with van der Waals surface area (Å²) in [4.78, 5) is 47.2. The second-order valence-corrected chi connectivity index (χ2v) is 10.6. The standard InChI is InChI=1S/C23H28O10Se/c1-13(24)28-11-18(29-14(2)25)20(30-15(3)26)21-19-17(31-22(27)32-19)10-23(4,33-21)12-34-16-8-6-5-7-9-16/h5-9,17-21H,10-12H2,1-4H3/t17-,18+,19-,20+,21+,23+/m0/s1. The third-order valence-corrected chi connectivity index (χ3v) is 8.13. The Bertz CT molecular complexity index is 906. The summed E-state index contributed by atoms with van der Waals surface area (Å²) in [6.07, 6.45) is -5.44. The molecule has 3 rings (SSSR count). The van der Waals surface area contributed by atoms with Gasteiger partial charge in [0.2, 0.25) is 0 Å². The summed E-state index contributed by atoms with van der Waals surface area (Å²) in [5, 5.41) is 0.635. The fourth-order valence-corrected chi connectivity index (χ4v) is 6.08. The molecule has 0 amide bonds.